The molecule has 1 atom stereocenters. The summed E-state index contributed by atoms with van der Waals surface area (Å²) < 4.78 is 0.446. The van der Waals surface area contributed by atoms with E-state index in [9.17, 15) is 20.0 Å². The molecule has 7 heteroatoms. The van der Waals surface area contributed by atoms with Gasteiger partial charge in [-0.15, -0.1) is 0 Å². The summed E-state index contributed by atoms with van der Waals surface area (Å²) in [7, 11) is 0. The first-order valence-corrected chi connectivity index (χ1v) is 6.38. The Hall–Kier alpha value is -1.47. The van der Waals surface area contributed by atoms with Crippen molar-refractivity contribution in [1.82, 2.24) is 5.32 Å². The third-order valence-corrected chi connectivity index (χ3v) is 3.29. The van der Waals surface area contributed by atoms with Crippen LogP contribution in [0.4, 0.5) is 5.69 Å². The zero-order valence-electron chi connectivity index (χ0n) is 10.8. The van der Waals surface area contributed by atoms with Gasteiger partial charge >= 0.3 is 0 Å². The topological polar surface area (TPSA) is 92.5 Å². The van der Waals surface area contributed by atoms with Crippen LogP contribution in [0.2, 0.25) is 0 Å². The standard InChI is InChI=1S/C12H15BrN2O4/c1-7(16)12(2,3)14-11(17)8-4-9(13)6-10(5-8)15(18)19/h4-7,16H,1-3H3,(H,14,17). The summed E-state index contributed by atoms with van der Waals surface area (Å²) in [5.41, 5.74) is -0.835. The van der Waals surface area contributed by atoms with E-state index in [1.807, 2.05) is 0 Å². The molecular weight excluding hydrogens is 316 g/mol. The van der Waals surface area contributed by atoms with Crippen LogP contribution in [0.15, 0.2) is 22.7 Å². The number of non-ortho nitro benzene ring substituents is 1. The molecule has 1 rings (SSSR count). The van der Waals surface area contributed by atoms with Crippen molar-refractivity contribution in [2.75, 3.05) is 0 Å². The molecule has 19 heavy (non-hydrogen) atoms. The molecule has 0 aliphatic carbocycles. The van der Waals surface area contributed by atoms with E-state index < -0.39 is 22.5 Å². The molecule has 1 unspecified atom stereocenters. The van der Waals surface area contributed by atoms with Gasteiger partial charge in [-0.2, -0.15) is 0 Å². The number of hydrogen-bond donors (Lipinski definition) is 2. The highest BCUT2D eigenvalue weighted by Crippen LogP contribution is 2.22. The van der Waals surface area contributed by atoms with Gasteiger partial charge in [0, 0.05) is 22.2 Å². The van der Waals surface area contributed by atoms with E-state index in [2.05, 4.69) is 21.2 Å². The van der Waals surface area contributed by atoms with Crippen LogP contribution in [-0.4, -0.2) is 27.6 Å². The summed E-state index contributed by atoms with van der Waals surface area (Å²) in [5, 5.41) is 22.9. The monoisotopic (exact) mass is 330 g/mol. The fourth-order valence-electron chi connectivity index (χ4n) is 1.28. The Kier molecular flexibility index (Phi) is 4.65. The van der Waals surface area contributed by atoms with Crippen molar-refractivity contribution in [2.45, 2.75) is 32.4 Å². The number of nitro groups is 1. The van der Waals surface area contributed by atoms with Gasteiger partial charge < -0.3 is 10.4 Å². The maximum Gasteiger partial charge on any atom is 0.271 e. The van der Waals surface area contributed by atoms with Gasteiger partial charge in [0.2, 0.25) is 0 Å². The maximum atomic E-state index is 12.0. The lowest BCUT2D eigenvalue weighted by molar-refractivity contribution is -0.385. The largest absolute Gasteiger partial charge is 0.391 e. The lowest BCUT2D eigenvalue weighted by Gasteiger charge is -2.29. The number of halogens is 1. The number of nitrogens with zero attached hydrogens (tertiary/aromatic N) is 1. The number of carbonyl (C=O) groups is 1. The minimum atomic E-state index is -0.825. The summed E-state index contributed by atoms with van der Waals surface area (Å²) in [6, 6.07) is 4.00. The highest BCUT2D eigenvalue weighted by Gasteiger charge is 2.27. The highest BCUT2D eigenvalue weighted by atomic mass is 79.9. The Balaban J connectivity index is 3.04. The van der Waals surface area contributed by atoms with Crippen LogP contribution >= 0.6 is 15.9 Å². The van der Waals surface area contributed by atoms with Gasteiger partial charge in [-0.1, -0.05) is 15.9 Å². The summed E-state index contributed by atoms with van der Waals surface area (Å²) in [5.74, 6) is -0.477. The van der Waals surface area contributed by atoms with Crippen LogP contribution in [0.1, 0.15) is 31.1 Å². The van der Waals surface area contributed by atoms with Crippen molar-refractivity contribution in [1.29, 1.82) is 0 Å². The number of carbonyl (C=O) groups excluding carboxylic acids is 1. The Labute approximate surface area is 119 Å². The van der Waals surface area contributed by atoms with Crippen LogP contribution in [0.3, 0.4) is 0 Å². The molecule has 0 fully saturated rings. The van der Waals surface area contributed by atoms with Crippen LogP contribution in [0, 0.1) is 10.1 Å². The molecule has 1 aromatic carbocycles. The molecule has 0 bridgehead atoms. The normalized spacial score (nSPS) is 12.9. The molecule has 0 saturated heterocycles. The van der Waals surface area contributed by atoms with Gasteiger partial charge in [0.25, 0.3) is 11.6 Å². The summed E-state index contributed by atoms with van der Waals surface area (Å²) in [6.07, 6.45) is -0.751. The molecule has 6 nitrogen and oxygen atoms in total. The lowest BCUT2D eigenvalue weighted by atomic mass is 9.98. The minimum absolute atomic E-state index is 0.162. The number of aliphatic hydroxyl groups is 1. The van der Waals surface area contributed by atoms with Gasteiger partial charge in [0.05, 0.1) is 16.6 Å². The fraction of sp³-hybridized carbons (Fsp3) is 0.417. The van der Waals surface area contributed by atoms with Crippen molar-refractivity contribution in [3.05, 3.63) is 38.3 Å². The second kappa shape index (κ2) is 5.66. The first-order valence-electron chi connectivity index (χ1n) is 5.59. The zero-order valence-corrected chi connectivity index (χ0v) is 12.4. The lowest BCUT2D eigenvalue weighted by Crippen LogP contribution is -2.50. The van der Waals surface area contributed by atoms with Crippen molar-refractivity contribution < 1.29 is 14.8 Å². The minimum Gasteiger partial charge on any atom is -0.391 e. The number of hydrogen-bond acceptors (Lipinski definition) is 4. The number of aliphatic hydroxyl groups excluding tert-OH is 1. The molecule has 0 aromatic heterocycles. The maximum absolute atomic E-state index is 12.0. The van der Waals surface area contributed by atoms with E-state index in [1.54, 1.807) is 20.8 Å². The molecule has 0 spiro atoms. The smallest absolute Gasteiger partial charge is 0.271 e. The molecule has 2 N–H and O–H groups in total. The quantitative estimate of drug-likeness (QED) is 0.654. The summed E-state index contributed by atoms with van der Waals surface area (Å²) in [6.45, 7) is 4.90. The summed E-state index contributed by atoms with van der Waals surface area (Å²) >= 11 is 3.12. The molecule has 1 amide bonds. The average molecular weight is 331 g/mol. The predicted octanol–water partition coefficient (Wildman–Crippen LogP) is 2.25. The molecule has 0 aliphatic heterocycles. The SMILES string of the molecule is CC(O)C(C)(C)NC(=O)c1cc(Br)cc([N+](=O)[O-])c1. The van der Waals surface area contributed by atoms with Gasteiger partial charge in [0.15, 0.2) is 0 Å². The van der Waals surface area contributed by atoms with E-state index >= 15 is 0 Å². The molecule has 1 aromatic rings. The van der Waals surface area contributed by atoms with Gasteiger partial charge in [0.1, 0.15) is 0 Å². The van der Waals surface area contributed by atoms with Gasteiger partial charge in [-0.3, -0.25) is 14.9 Å². The fourth-order valence-corrected chi connectivity index (χ4v) is 1.76. The van der Waals surface area contributed by atoms with Crippen LogP contribution < -0.4 is 5.32 Å². The van der Waals surface area contributed by atoms with E-state index in [-0.39, 0.29) is 11.3 Å². The third kappa shape index (κ3) is 4.00. The molecular formula is C12H15BrN2O4. The molecule has 104 valence electrons. The van der Waals surface area contributed by atoms with Crippen molar-refractivity contribution >= 4 is 27.5 Å². The summed E-state index contributed by atoms with van der Waals surface area (Å²) in [4.78, 5) is 22.2. The van der Waals surface area contributed by atoms with Gasteiger partial charge in [-0.05, 0) is 26.8 Å². The van der Waals surface area contributed by atoms with E-state index in [0.29, 0.717) is 4.47 Å². The molecule has 0 saturated carbocycles. The first kappa shape index (κ1) is 15.6. The molecule has 0 aliphatic rings. The zero-order chi connectivity index (χ0) is 14.8. The Morgan fingerprint density at radius 2 is 2.05 bits per heavy atom. The third-order valence-electron chi connectivity index (χ3n) is 2.84. The van der Waals surface area contributed by atoms with E-state index in [0.717, 1.165) is 0 Å². The Bertz CT molecular complexity index is 514. The Morgan fingerprint density at radius 3 is 2.53 bits per heavy atom. The predicted molar refractivity (Wildman–Crippen MR) is 74.0 cm³/mol. The second-order valence-corrected chi connectivity index (χ2v) is 5.72. The number of nitro benzene ring substituents is 1. The van der Waals surface area contributed by atoms with Crippen LogP contribution in [-0.2, 0) is 0 Å². The van der Waals surface area contributed by atoms with Crippen LogP contribution in [0.5, 0.6) is 0 Å². The first-order chi connectivity index (χ1) is 8.63. The number of rotatable bonds is 4. The highest BCUT2D eigenvalue weighted by molar-refractivity contribution is 9.10. The van der Waals surface area contributed by atoms with E-state index in [1.165, 1.54) is 18.2 Å². The van der Waals surface area contributed by atoms with Crippen molar-refractivity contribution in [3.8, 4) is 0 Å². The van der Waals surface area contributed by atoms with Crippen molar-refractivity contribution in [2.24, 2.45) is 0 Å². The number of benzene rings is 1. The average Bonchev–Trinajstić information content (AvgIpc) is 2.27. The van der Waals surface area contributed by atoms with Crippen LogP contribution in [0.25, 0.3) is 0 Å². The second-order valence-electron chi connectivity index (χ2n) is 4.81. The van der Waals surface area contributed by atoms with Gasteiger partial charge in [-0.25, -0.2) is 0 Å². The number of amides is 1. The van der Waals surface area contributed by atoms with Crippen molar-refractivity contribution in [3.63, 3.8) is 0 Å². The Morgan fingerprint density at radius 1 is 1.47 bits per heavy atom. The van der Waals surface area contributed by atoms with E-state index in [4.69, 9.17) is 0 Å². The number of nitrogens with one attached hydrogen (secondary N) is 1. The molecule has 0 radical (unpaired) electrons. The molecule has 0 heterocycles.